The Kier molecular flexibility index (Phi) is 7.64. The lowest BCUT2D eigenvalue weighted by molar-refractivity contribution is -0.143. The maximum absolute atomic E-state index is 12.8. The molecule has 158 valence electrons. The van der Waals surface area contributed by atoms with E-state index in [0.717, 1.165) is 12.0 Å². The number of esters is 1. The molecule has 1 unspecified atom stereocenters. The number of rotatable bonds is 7. The van der Waals surface area contributed by atoms with Gasteiger partial charge in [-0.25, -0.2) is 14.4 Å². The van der Waals surface area contributed by atoms with Crippen LogP contribution in [-0.4, -0.2) is 42.1 Å². The number of urea groups is 2. The minimum Gasteiger partial charge on any atom is -0.459 e. The number of hydrogen-bond donors (Lipinski definition) is 3. The zero-order valence-corrected chi connectivity index (χ0v) is 17.7. The molecule has 2 rings (SSSR count). The van der Waals surface area contributed by atoms with Crippen molar-refractivity contribution in [1.29, 1.82) is 0 Å². The van der Waals surface area contributed by atoms with Crippen LogP contribution in [0.15, 0.2) is 35.5 Å². The monoisotopic (exact) mass is 402 g/mol. The topological polar surface area (TPSA) is 99.8 Å². The summed E-state index contributed by atoms with van der Waals surface area (Å²) in [7, 11) is 0. The molecule has 0 saturated heterocycles. The Balaban J connectivity index is 2.36. The fourth-order valence-corrected chi connectivity index (χ4v) is 3.16. The molecule has 3 N–H and O–H groups in total. The van der Waals surface area contributed by atoms with E-state index < -0.39 is 12.0 Å². The number of nitrogens with zero attached hydrogens (tertiary/aromatic N) is 1. The van der Waals surface area contributed by atoms with Gasteiger partial charge in [-0.15, -0.1) is 0 Å². The van der Waals surface area contributed by atoms with Crippen LogP contribution in [0.1, 0.15) is 52.6 Å². The van der Waals surface area contributed by atoms with Crippen molar-refractivity contribution in [3.63, 3.8) is 0 Å². The first-order chi connectivity index (χ1) is 13.8. The summed E-state index contributed by atoms with van der Waals surface area (Å²) in [5.41, 5.74) is 2.35. The molecule has 8 heteroatoms. The Bertz CT molecular complexity index is 786. The number of nitrogens with one attached hydrogen (secondary N) is 3. The Morgan fingerprint density at radius 1 is 1.21 bits per heavy atom. The number of hydrogen-bond acceptors (Lipinski definition) is 4. The SMILES string of the molecule is CCCN1C(=O)NC(c2ccc(NC(=O)NCC)cc2)C(C(=O)OC(C)C)=C1C. The standard InChI is InChI=1S/C21H30N4O4/c1-6-12-25-14(5)17(19(26)29-13(3)4)18(24-21(25)28)15-8-10-16(11-9-15)23-20(27)22-7-2/h8-11,13,18H,6-7,12H2,1-5H3,(H,24,28)(H2,22,23,27). The number of benzene rings is 1. The predicted octanol–water partition coefficient (Wildman–Crippen LogP) is 3.53. The van der Waals surface area contributed by atoms with Crippen molar-refractivity contribution in [2.45, 2.75) is 53.2 Å². The molecule has 0 radical (unpaired) electrons. The first-order valence-electron chi connectivity index (χ1n) is 9.93. The van der Waals surface area contributed by atoms with E-state index in [4.69, 9.17) is 4.74 Å². The van der Waals surface area contributed by atoms with Crippen LogP contribution in [0.5, 0.6) is 0 Å². The van der Waals surface area contributed by atoms with Crippen molar-refractivity contribution in [2.75, 3.05) is 18.4 Å². The minimum absolute atomic E-state index is 0.250. The second-order valence-corrected chi connectivity index (χ2v) is 7.09. The number of carbonyl (C=O) groups excluding carboxylic acids is 3. The average molecular weight is 402 g/mol. The number of allylic oxidation sites excluding steroid dienone is 1. The van der Waals surface area contributed by atoms with Crippen molar-refractivity contribution < 1.29 is 19.1 Å². The molecule has 1 aromatic carbocycles. The molecular formula is C21H30N4O4. The summed E-state index contributed by atoms with van der Waals surface area (Å²) >= 11 is 0. The molecule has 0 aromatic heterocycles. The molecular weight excluding hydrogens is 372 g/mol. The Labute approximate surface area is 171 Å². The van der Waals surface area contributed by atoms with Crippen LogP contribution in [-0.2, 0) is 9.53 Å². The summed E-state index contributed by atoms with van der Waals surface area (Å²) in [5, 5.41) is 8.30. The second-order valence-electron chi connectivity index (χ2n) is 7.09. The van der Waals surface area contributed by atoms with Gasteiger partial charge in [-0.1, -0.05) is 19.1 Å². The summed E-state index contributed by atoms with van der Waals surface area (Å²) in [4.78, 5) is 38.7. The Morgan fingerprint density at radius 3 is 2.41 bits per heavy atom. The summed E-state index contributed by atoms with van der Waals surface area (Å²) in [6.45, 7) is 10.2. The minimum atomic E-state index is -0.625. The molecule has 0 bridgehead atoms. The number of ether oxygens (including phenoxy) is 1. The zero-order valence-electron chi connectivity index (χ0n) is 17.7. The Hall–Kier alpha value is -3.03. The third-order valence-corrected chi connectivity index (χ3v) is 4.45. The first kappa shape index (κ1) is 22.3. The van der Waals surface area contributed by atoms with E-state index in [1.54, 1.807) is 49.9 Å². The summed E-state index contributed by atoms with van der Waals surface area (Å²) in [5.74, 6) is -0.451. The van der Waals surface area contributed by atoms with E-state index in [1.807, 2.05) is 13.8 Å². The fourth-order valence-electron chi connectivity index (χ4n) is 3.16. The second kappa shape index (κ2) is 9.95. The molecule has 0 fully saturated rings. The summed E-state index contributed by atoms with van der Waals surface area (Å²) < 4.78 is 5.44. The van der Waals surface area contributed by atoms with Crippen LogP contribution in [0.25, 0.3) is 0 Å². The van der Waals surface area contributed by atoms with Gasteiger partial charge in [0.1, 0.15) is 0 Å². The van der Waals surface area contributed by atoms with Gasteiger partial charge in [0.25, 0.3) is 0 Å². The van der Waals surface area contributed by atoms with E-state index in [9.17, 15) is 14.4 Å². The van der Waals surface area contributed by atoms with Crippen LogP contribution in [0, 0.1) is 0 Å². The molecule has 1 atom stereocenters. The van der Waals surface area contributed by atoms with Crippen LogP contribution >= 0.6 is 0 Å². The molecule has 0 spiro atoms. The highest BCUT2D eigenvalue weighted by Crippen LogP contribution is 2.32. The lowest BCUT2D eigenvalue weighted by atomic mass is 9.94. The van der Waals surface area contributed by atoms with Gasteiger partial charge in [-0.3, -0.25) is 4.90 Å². The van der Waals surface area contributed by atoms with Gasteiger partial charge in [0, 0.05) is 24.5 Å². The van der Waals surface area contributed by atoms with E-state index in [-0.39, 0.29) is 18.2 Å². The van der Waals surface area contributed by atoms with E-state index in [0.29, 0.717) is 30.0 Å². The largest absolute Gasteiger partial charge is 0.459 e. The van der Waals surface area contributed by atoms with Crippen LogP contribution in [0.4, 0.5) is 15.3 Å². The number of anilines is 1. The van der Waals surface area contributed by atoms with E-state index in [2.05, 4.69) is 16.0 Å². The van der Waals surface area contributed by atoms with Gasteiger partial charge >= 0.3 is 18.0 Å². The maximum Gasteiger partial charge on any atom is 0.338 e. The van der Waals surface area contributed by atoms with Gasteiger partial charge in [-0.05, 0) is 51.8 Å². The predicted molar refractivity (Wildman–Crippen MR) is 111 cm³/mol. The molecule has 0 saturated carbocycles. The number of amides is 4. The van der Waals surface area contributed by atoms with Crippen molar-refractivity contribution in [3.05, 3.63) is 41.1 Å². The highest BCUT2D eigenvalue weighted by molar-refractivity contribution is 5.95. The van der Waals surface area contributed by atoms with Gasteiger partial charge in [-0.2, -0.15) is 0 Å². The fraction of sp³-hybridized carbons (Fsp3) is 0.476. The molecule has 4 amide bonds. The van der Waals surface area contributed by atoms with Gasteiger partial charge in [0.15, 0.2) is 0 Å². The van der Waals surface area contributed by atoms with Crippen molar-refractivity contribution in [2.24, 2.45) is 0 Å². The van der Waals surface area contributed by atoms with Gasteiger partial charge in [0.05, 0.1) is 17.7 Å². The zero-order chi connectivity index (χ0) is 21.6. The molecule has 8 nitrogen and oxygen atoms in total. The highest BCUT2D eigenvalue weighted by atomic mass is 16.5. The molecule has 1 aromatic rings. The lowest BCUT2D eigenvalue weighted by Crippen LogP contribution is -2.48. The maximum atomic E-state index is 12.8. The average Bonchev–Trinajstić information content (AvgIpc) is 2.64. The van der Waals surface area contributed by atoms with Crippen molar-refractivity contribution in [1.82, 2.24) is 15.5 Å². The third-order valence-electron chi connectivity index (χ3n) is 4.45. The quantitative estimate of drug-likeness (QED) is 0.608. The molecule has 1 heterocycles. The van der Waals surface area contributed by atoms with E-state index >= 15 is 0 Å². The summed E-state index contributed by atoms with van der Waals surface area (Å²) in [6, 6.07) is 5.85. The number of carbonyl (C=O) groups is 3. The highest BCUT2D eigenvalue weighted by Gasteiger charge is 2.36. The van der Waals surface area contributed by atoms with Crippen LogP contribution in [0.3, 0.4) is 0 Å². The molecule has 1 aliphatic rings. The molecule has 1 aliphatic heterocycles. The molecule has 0 aliphatic carbocycles. The van der Waals surface area contributed by atoms with Crippen molar-refractivity contribution >= 4 is 23.7 Å². The van der Waals surface area contributed by atoms with Gasteiger partial charge < -0.3 is 20.7 Å². The van der Waals surface area contributed by atoms with Gasteiger partial charge in [0.2, 0.25) is 0 Å². The smallest absolute Gasteiger partial charge is 0.338 e. The van der Waals surface area contributed by atoms with Crippen molar-refractivity contribution in [3.8, 4) is 0 Å². The third kappa shape index (κ3) is 5.49. The first-order valence-corrected chi connectivity index (χ1v) is 9.93. The van der Waals surface area contributed by atoms with E-state index in [1.165, 1.54) is 0 Å². The lowest BCUT2D eigenvalue weighted by Gasteiger charge is -2.35. The summed E-state index contributed by atoms with van der Waals surface area (Å²) in [6.07, 6.45) is 0.492. The normalized spacial score (nSPS) is 16.6. The Morgan fingerprint density at radius 2 is 1.86 bits per heavy atom. The molecule has 29 heavy (non-hydrogen) atoms. The van der Waals surface area contributed by atoms with Crippen LogP contribution in [0.2, 0.25) is 0 Å². The van der Waals surface area contributed by atoms with Crippen LogP contribution < -0.4 is 16.0 Å².